The van der Waals surface area contributed by atoms with Crippen molar-refractivity contribution in [1.82, 2.24) is 5.32 Å². The number of ether oxygens (including phenoxy) is 1. The lowest BCUT2D eigenvalue weighted by atomic mass is 9.91. The first-order valence-corrected chi connectivity index (χ1v) is 9.88. The summed E-state index contributed by atoms with van der Waals surface area (Å²) in [5, 5.41) is 2.96. The van der Waals surface area contributed by atoms with Crippen LogP contribution >= 0.6 is 0 Å². The smallest absolute Gasteiger partial charge is 0.319 e. The Bertz CT molecular complexity index is 914. The molecule has 3 aromatic rings. The molecule has 1 aliphatic carbocycles. The summed E-state index contributed by atoms with van der Waals surface area (Å²) < 4.78 is 5.85. The number of carbonyl (C=O) groups excluding carboxylic acids is 2. The molecule has 1 N–H and O–H groups in total. The van der Waals surface area contributed by atoms with E-state index in [0.29, 0.717) is 5.56 Å². The van der Waals surface area contributed by atoms with Gasteiger partial charge in [0, 0.05) is 11.6 Å². The molecule has 0 heterocycles. The maximum absolute atomic E-state index is 13.3. The molecular weight excluding hydrogens is 362 g/mol. The van der Waals surface area contributed by atoms with Crippen LogP contribution in [0.5, 0.6) is 0 Å². The number of amides is 1. The molecular formula is C25H23NO3. The minimum atomic E-state index is -0.973. The fourth-order valence-corrected chi connectivity index (χ4v) is 3.35. The van der Waals surface area contributed by atoms with E-state index < -0.39 is 18.0 Å². The van der Waals surface area contributed by atoms with Crippen molar-refractivity contribution in [2.45, 2.75) is 30.9 Å². The minimum Gasteiger partial charge on any atom is -0.447 e. The van der Waals surface area contributed by atoms with Crippen LogP contribution < -0.4 is 5.32 Å². The molecule has 4 heteroatoms. The first-order chi connectivity index (χ1) is 14.2. The number of carbonyl (C=O) groups is 2. The molecule has 0 bridgehead atoms. The Balaban J connectivity index is 1.64. The summed E-state index contributed by atoms with van der Waals surface area (Å²) in [6, 6.07) is 28.4. The Kier molecular flexibility index (Phi) is 5.71. The van der Waals surface area contributed by atoms with Crippen molar-refractivity contribution in [1.29, 1.82) is 0 Å². The molecule has 1 amide bonds. The Hall–Kier alpha value is -3.40. The van der Waals surface area contributed by atoms with Gasteiger partial charge in [0.05, 0.1) is 0 Å². The molecule has 1 fully saturated rings. The highest BCUT2D eigenvalue weighted by Gasteiger charge is 2.33. The van der Waals surface area contributed by atoms with E-state index in [1.54, 1.807) is 0 Å². The van der Waals surface area contributed by atoms with Crippen LogP contribution in [0, 0.1) is 0 Å². The lowest BCUT2D eigenvalue weighted by molar-refractivity contribution is -0.157. The van der Waals surface area contributed by atoms with Crippen molar-refractivity contribution >= 4 is 11.9 Å². The summed E-state index contributed by atoms with van der Waals surface area (Å²) >= 11 is 0. The van der Waals surface area contributed by atoms with Gasteiger partial charge in [-0.2, -0.15) is 0 Å². The lowest BCUT2D eigenvalue weighted by Crippen LogP contribution is -2.34. The van der Waals surface area contributed by atoms with Gasteiger partial charge in [0.15, 0.2) is 0 Å². The lowest BCUT2D eigenvalue weighted by Gasteiger charge is -2.22. The second-order valence-corrected chi connectivity index (χ2v) is 7.26. The van der Waals surface area contributed by atoms with Crippen molar-refractivity contribution in [2.24, 2.45) is 0 Å². The van der Waals surface area contributed by atoms with Crippen molar-refractivity contribution in [3.8, 4) is 0 Å². The average molecular weight is 385 g/mol. The first kappa shape index (κ1) is 18.9. The second kappa shape index (κ2) is 8.74. The van der Waals surface area contributed by atoms with Gasteiger partial charge >= 0.3 is 5.97 Å². The van der Waals surface area contributed by atoms with Gasteiger partial charge in [-0.05, 0) is 24.0 Å². The van der Waals surface area contributed by atoms with Crippen LogP contribution in [0.1, 0.15) is 41.6 Å². The molecule has 4 rings (SSSR count). The van der Waals surface area contributed by atoms with E-state index in [9.17, 15) is 9.59 Å². The largest absolute Gasteiger partial charge is 0.447 e. The first-order valence-electron chi connectivity index (χ1n) is 9.88. The summed E-state index contributed by atoms with van der Waals surface area (Å²) in [6.07, 6.45) is 0.967. The van der Waals surface area contributed by atoms with E-state index in [-0.39, 0.29) is 11.9 Å². The van der Waals surface area contributed by atoms with E-state index >= 15 is 0 Å². The molecule has 3 aromatic carbocycles. The highest BCUT2D eigenvalue weighted by molar-refractivity contribution is 5.88. The topological polar surface area (TPSA) is 55.4 Å². The number of benzene rings is 3. The zero-order valence-corrected chi connectivity index (χ0v) is 16.0. The zero-order valence-electron chi connectivity index (χ0n) is 16.0. The number of hydrogen-bond donors (Lipinski definition) is 1. The molecule has 0 unspecified atom stereocenters. The fraction of sp³-hybridized carbons (Fsp3) is 0.200. The van der Waals surface area contributed by atoms with Gasteiger partial charge in [0.1, 0.15) is 5.92 Å². The third-order valence-corrected chi connectivity index (χ3v) is 5.00. The van der Waals surface area contributed by atoms with Gasteiger partial charge in [-0.3, -0.25) is 9.59 Å². The summed E-state index contributed by atoms with van der Waals surface area (Å²) in [6.45, 7) is 0. The maximum Gasteiger partial charge on any atom is 0.319 e. The number of hydrogen-bond acceptors (Lipinski definition) is 3. The van der Waals surface area contributed by atoms with Crippen LogP contribution in [0.3, 0.4) is 0 Å². The Morgan fingerprint density at radius 2 is 1.17 bits per heavy atom. The predicted molar refractivity (Wildman–Crippen MR) is 111 cm³/mol. The summed E-state index contributed by atoms with van der Waals surface area (Å²) in [5.41, 5.74) is 2.33. The van der Waals surface area contributed by atoms with Crippen LogP contribution in [0.15, 0.2) is 91.0 Å². The van der Waals surface area contributed by atoms with Crippen molar-refractivity contribution in [2.75, 3.05) is 0 Å². The monoisotopic (exact) mass is 385 g/mol. The van der Waals surface area contributed by atoms with Crippen molar-refractivity contribution < 1.29 is 14.3 Å². The normalized spacial score (nSPS) is 14.2. The molecule has 1 atom stereocenters. The zero-order chi connectivity index (χ0) is 20.1. The van der Waals surface area contributed by atoms with Gasteiger partial charge in [-0.15, -0.1) is 0 Å². The van der Waals surface area contributed by atoms with E-state index in [1.807, 2.05) is 91.0 Å². The van der Waals surface area contributed by atoms with Gasteiger partial charge in [-0.25, -0.2) is 0 Å². The molecule has 1 aliphatic rings. The van der Waals surface area contributed by atoms with Gasteiger partial charge in [-0.1, -0.05) is 91.0 Å². The van der Waals surface area contributed by atoms with Crippen LogP contribution in [0.4, 0.5) is 0 Å². The molecule has 0 saturated heterocycles. The molecule has 4 nitrogen and oxygen atoms in total. The molecule has 0 aliphatic heterocycles. The van der Waals surface area contributed by atoms with E-state index in [4.69, 9.17) is 4.74 Å². The standard InChI is InChI=1S/C25H23NO3/c27-24(26-21-16-17-21)23(20-14-8-3-9-15-20)29-25(28)22(18-10-4-1-5-11-18)19-12-6-2-7-13-19/h1-15,21-23H,16-17H2,(H,26,27)/t23-/m1/s1. The van der Waals surface area contributed by atoms with E-state index in [0.717, 1.165) is 24.0 Å². The maximum atomic E-state index is 13.3. The Labute approximate surface area is 170 Å². The van der Waals surface area contributed by atoms with Gasteiger partial charge in [0.25, 0.3) is 5.91 Å². The summed E-state index contributed by atoms with van der Waals surface area (Å²) in [7, 11) is 0. The summed E-state index contributed by atoms with van der Waals surface area (Å²) in [4.78, 5) is 26.2. The second-order valence-electron chi connectivity index (χ2n) is 7.26. The van der Waals surface area contributed by atoms with Crippen molar-refractivity contribution in [3.63, 3.8) is 0 Å². The number of rotatable bonds is 7. The van der Waals surface area contributed by atoms with Gasteiger partial charge < -0.3 is 10.1 Å². The highest BCUT2D eigenvalue weighted by Crippen LogP contribution is 2.30. The van der Waals surface area contributed by atoms with Crippen LogP contribution in [0.25, 0.3) is 0 Å². The van der Waals surface area contributed by atoms with Gasteiger partial charge in [0.2, 0.25) is 6.10 Å². The number of esters is 1. The molecule has 0 radical (unpaired) electrons. The van der Waals surface area contributed by atoms with E-state index in [1.165, 1.54) is 0 Å². The third-order valence-electron chi connectivity index (χ3n) is 5.00. The number of nitrogens with one attached hydrogen (secondary N) is 1. The van der Waals surface area contributed by atoms with Crippen LogP contribution in [-0.2, 0) is 14.3 Å². The average Bonchev–Trinajstić information content (AvgIpc) is 3.58. The minimum absolute atomic E-state index is 0.187. The Morgan fingerprint density at radius 1 is 0.724 bits per heavy atom. The fourth-order valence-electron chi connectivity index (χ4n) is 3.35. The van der Waals surface area contributed by atoms with Crippen LogP contribution in [-0.4, -0.2) is 17.9 Å². The highest BCUT2D eigenvalue weighted by atomic mass is 16.5. The predicted octanol–water partition coefficient (Wildman–Crippen LogP) is 4.38. The molecule has 0 spiro atoms. The Morgan fingerprint density at radius 3 is 1.62 bits per heavy atom. The van der Waals surface area contributed by atoms with Crippen LogP contribution in [0.2, 0.25) is 0 Å². The quantitative estimate of drug-likeness (QED) is 0.614. The molecule has 1 saturated carbocycles. The molecule has 29 heavy (non-hydrogen) atoms. The van der Waals surface area contributed by atoms with Crippen molar-refractivity contribution in [3.05, 3.63) is 108 Å². The third kappa shape index (κ3) is 4.72. The molecule has 0 aromatic heterocycles. The van der Waals surface area contributed by atoms with E-state index in [2.05, 4.69) is 5.32 Å². The summed E-state index contributed by atoms with van der Waals surface area (Å²) in [5.74, 6) is -1.31. The SMILES string of the molecule is O=C(O[C@@H](C(=O)NC1CC1)c1ccccc1)C(c1ccccc1)c1ccccc1. The molecule has 146 valence electrons.